The van der Waals surface area contributed by atoms with Crippen LogP contribution in [0.3, 0.4) is 0 Å². The van der Waals surface area contributed by atoms with Crippen molar-refractivity contribution in [3.63, 3.8) is 0 Å². The zero-order valence-corrected chi connectivity index (χ0v) is 12.1. The van der Waals surface area contributed by atoms with Gasteiger partial charge in [0.25, 0.3) is 0 Å². The number of amides is 1. The molecule has 98 valence electrons. The monoisotopic (exact) mass is 319 g/mol. The van der Waals surface area contributed by atoms with Crippen LogP contribution in [0, 0.1) is 0 Å². The van der Waals surface area contributed by atoms with E-state index in [1.54, 1.807) is 6.08 Å². The first kappa shape index (κ1) is 13.5. The number of nitrogens with zero attached hydrogens (tertiary/aromatic N) is 2. The van der Waals surface area contributed by atoms with Gasteiger partial charge >= 0.3 is 0 Å². The molecule has 2 rings (SSSR count). The highest BCUT2D eigenvalue weighted by Crippen LogP contribution is 2.12. The molecule has 0 saturated carbocycles. The zero-order valence-electron chi connectivity index (χ0n) is 10.5. The molecular formula is C14H14BrN3O. The lowest BCUT2D eigenvalue weighted by Crippen LogP contribution is -2.20. The number of pyridine rings is 1. The first-order chi connectivity index (χ1) is 9.19. The summed E-state index contributed by atoms with van der Waals surface area (Å²) >= 11 is 3.41. The molecule has 19 heavy (non-hydrogen) atoms. The summed E-state index contributed by atoms with van der Waals surface area (Å²) < 4.78 is 2.91. The predicted octanol–water partition coefficient (Wildman–Crippen LogP) is 2.85. The van der Waals surface area contributed by atoms with Crippen molar-refractivity contribution >= 4 is 27.5 Å². The van der Waals surface area contributed by atoms with Crippen molar-refractivity contribution in [3.8, 4) is 0 Å². The maximum absolute atomic E-state index is 11.5. The van der Waals surface area contributed by atoms with Crippen molar-refractivity contribution in [1.29, 1.82) is 0 Å². The molecule has 1 N–H and O–H groups in total. The molecule has 0 unspecified atom stereocenters. The summed E-state index contributed by atoms with van der Waals surface area (Å²) in [6.45, 7) is 2.31. The first-order valence-electron chi connectivity index (χ1n) is 5.89. The summed E-state index contributed by atoms with van der Waals surface area (Å²) in [7, 11) is 0. The third-order valence-corrected chi connectivity index (χ3v) is 2.93. The van der Waals surface area contributed by atoms with Gasteiger partial charge in [0.1, 0.15) is 5.65 Å². The number of halogens is 1. The van der Waals surface area contributed by atoms with Crippen molar-refractivity contribution in [2.24, 2.45) is 0 Å². The quantitative estimate of drug-likeness (QED) is 0.695. The average Bonchev–Trinajstić information content (AvgIpc) is 2.78. The second kappa shape index (κ2) is 6.33. The number of imidazole rings is 1. The van der Waals surface area contributed by atoms with Crippen molar-refractivity contribution < 1.29 is 4.79 Å². The lowest BCUT2D eigenvalue weighted by Gasteiger charge is -1.97. The number of rotatable bonds is 4. The van der Waals surface area contributed by atoms with E-state index in [0.717, 1.165) is 15.8 Å². The van der Waals surface area contributed by atoms with Gasteiger partial charge in [0, 0.05) is 22.9 Å². The van der Waals surface area contributed by atoms with Gasteiger partial charge in [-0.1, -0.05) is 18.2 Å². The van der Waals surface area contributed by atoms with E-state index >= 15 is 0 Å². The van der Waals surface area contributed by atoms with E-state index in [0.29, 0.717) is 6.54 Å². The third kappa shape index (κ3) is 3.79. The average molecular weight is 320 g/mol. The number of allylic oxidation sites excluding steroid dienone is 3. The van der Waals surface area contributed by atoms with Gasteiger partial charge in [-0.05, 0) is 35.0 Å². The number of carbonyl (C=O) groups is 1. The molecule has 1 amide bonds. The van der Waals surface area contributed by atoms with Crippen LogP contribution in [0.15, 0.2) is 53.3 Å². The van der Waals surface area contributed by atoms with Gasteiger partial charge < -0.3 is 9.72 Å². The molecule has 4 nitrogen and oxygen atoms in total. The van der Waals surface area contributed by atoms with Crippen LogP contribution in [0.4, 0.5) is 0 Å². The molecule has 0 radical (unpaired) electrons. The Bertz CT molecular complexity index is 643. The third-order valence-electron chi connectivity index (χ3n) is 2.46. The normalized spacial score (nSPS) is 11.7. The number of hydrogen-bond acceptors (Lipinski definition) is 2. The summed E-state index contributed by atoms with van der Waals surface area (Å²) in [5.74, 6) is -0.128. The van der Waals surface area contributed by atoms with Crippen LogP contribution in [0.2, 0.25) is 0 Å². The minimum atomic E-state index is -0.128. The molecular weight excluding hydrogens is 306 g/mol. The van der Waals surface area contributed by atoms with Crippen molar-refractivity contribution in [2.45, 2.75) is 13.5 Å². The lowest BCUT2D eigenvalue weighted by atomic mass is 10.4. The van der Waals surface area contributed by atoms with Gasteiger partial charge in [-0.2, -0.15) is 0 Å². The van der Waals surface area contributed by atoms with Crippen LogP contribution < -0.4 is 5.32 Å². The van der Waals surface area contributed by atoms with Gasteiger partial charge in [-0.15, -0.1) is 0 Å². The van der Waals surface area contributed by atoms with Gasteiger partial charge in [-0.25, -0.2) is 4.98 Å². The number of nitrogens with one attached hydrogen (secondary N) is 1. The lowest BCUT2D eigenvalue weighted by molar-refractivity contribution is -0.116. The molecule has 0 aliphatic carbocycles. The predicted molar refractivity (Wildman–Crippen MR) is 78.7 cm³/mol. The Morgan fingerprint density at radius 1 is 1.42 bits per heavy atom. The van der Waals surface area contributed by atoms with E-state index in [9.17, 15) is 4.79 Å². The fourth-order valence-electron chi connectivity index (χ4n) is 1.59. The largest absolute Gasteiger partial charge is 0.347 e. The molecule has 0 bridgehead atoms. The Kier molecular flexibility index (Phi) is 4.52. The van der Waals surface area contributed by atoms with Crippen LogP contribution in [0.1, 0.15) is 12.6 Å². The van der Waals surface area contributed by atoms with E-state index in [1.165, 1.54) is 6.08 Å². The molecule has 0 atom stereocenters. The van der Waals surface area contributed by atoms with E-state index < -0.39 is 0 Å². The van der Waals surface area contributed by atoms with Crippen molar-refractivity contribution in [2.75, 3.05) is 0 Å². The van der Waals surface area contributed by atoms with Gasteiger partial charge in [0.15, 0.2) is 0 Å². The summed E-state index contributed by atoms with van der Waals surface area (Å²) in [5, 5.41) is 2.79. The zero-order chi connectivity index (χ0) is 13.7. The highest BCUT2D eigenvalue weighted by atomic mass is 79.9. The molecule has 0 aromatic carbocycles. The smallest absolute Gasteiger partial charge is 0.244 e. The number of aromatic nitrogens is 2. The molecule has 2 aromatic rings. The van der Waals surface area contributed by atoms with E-state index in [-0.39, 0.29) is 5.91 Å². The van der Waals surface area contributed by atoms with E-state index in [1.807, 2.05) is 48.0 Å². The Hall–Kier alpha value is -1.88. The maximum atomic E-state index is 11.5. The van der Waals surface area contributed by atoms with Crippen LogP contribution in [-0.4, -0.2) is 15.3 Å². The van der Waals surface area contributed by atoms with Gasteiger partial charge in [0.05, 0.1) is 12.2 Å². The summed E-state index contributed by atoms with van der Waals surface area (Å²) in [6, 6.07) is 3.85. The van der Waals surface area contributed by atoms with E-state index in [4.69, 9.17) is 0 Å². The van der Waals surface area contributed by atoms with Gasteiger partial charge in [0.2, 0.25) is 5.91 Å². The molecule has 0 aliphatic rings. The van der Waals surface area contributed by atoms with Crippen molar-refractivity contribution in [3.05, 3.63) is 59.0 Å². The van der Waals surface area contributed by atoms with Crippen LogP contribution in [-0.2, 0) is 11.3 Å². The van der Waals surface area contributed by atoms with E-state index in [2.05, 4.69) is 26.2 Å². The fraction of sp³-hybridized carbons (Fsp3) is 0.143. The Balaban J connectivity index is 2.00. The standard InChI is InChI=1S/C14H14BrN3O/c1-2-3-4-5-14(19)16-8-12-10-18-9-11(15)6-7-13(18)17-12/h2-7,9-10H,8H2,1H3,(H,16,19)/b3-2+,5-4-. The first-order valence-corrected chi connectivity index (χ1v) is 6.68. The Morgan fingerprint density at radius 3 is 3.05 bits per heavy atom. The second-order valence-corrected chi connectivity index (χ2v) is 4.86. The SMILES string of the molecule is C/C=C/C=C\C(=O)NCc1cn2cc(Br)ccc2n1. The van der Waals surface area contributed by atoms with Gasteiger partial charge in [-0.3, -0.25) is 4.79 Å². The summed E-state index contributed by atoms with van der Waals surface area (Å²) in [6.07, 6.45) is 10.7. The number of fused-ring (bicyclic) bond motifs is 1. The highest BCUT2D eigenvalue weighted by molar-refractivity contribution is 9.10. The Morgan fingerprint density at radius 2 is 2.26 bits per heavy atom. The minimum Gasteiger partial charge on any atom is -0.347 e. The highest BCUT2D eigenvalue weighted by Gasteiger charge is 2.02. The molecule has 2 aromatic heterocycles. The molecule has 0 saturated heterocycles. The molecule has 0 fully saturated rings. The van der Waals surface area contributed by atoms with Crippen LogP contribution >= 0.6 is 15.9 Å². The second-order valence-electron chi connectivity index (χ2n) is 3.95. The summed E-state index contributed by atoms with van der Waals surface area (Å²) in [4.78, 5) is 15.9. The minimum absolute atomic E-state index is 0.128. The summed E-state index contributed by atoms with van der Waals surface area (Å²) in [5.41, 5.74) is 1.68. The topological polar surface area (TPSA) is 46.4 Å². The number of carbonyl (C=O) groups excluding carboxylic acids is 1. The molecule has 0 spiro atoms. The van der Waals surface area contributed by atoms with Crippen LogP contribution in [0.25, 0.3) is 5.65 Å². The molecule has 5 heteroatoms. The molecule has 0 aliphatic heterocycles. The maximum Gasteiger partial charge on any atom is 0.244 e. The van der Waals surface area contributed by atoms with Crippen LogP contribution in [0.5, 0.6) is 0 Å². The fourth-order valence-corrected chi connectivity index (χ4v) is 1.95. The number of hydrogen-bond donors (Lipinski definition) is 1. The Labute approximate surface area is 120 Å². The van der Waals surface area contributed by atoms with Crippen molar-refractivity contribution in [1.82, 2.24) is 14.7 Å². The molecule has 2 heterocycles.